The van der Waals surface area contributed by atoms with Crippen molar-refractivity contribution >= 4 is 11.6 Å². The summed E-state index contributed by atoms with van der Waals surface area (Å²) in [6, 6.07) is 1.88. The summed E-state index contributed by atoms with van der Waals surface area (Å²) in [4.78, 5) is 15.2. The number of phenols is 3. The zero-order valence-electron chi connectivity index (χ0n) is 11.4. The number of carbonyl (C=O) groups excluding carboxylic acids is 1. The fourth-order valence-corrected chi connectivity index (χ4v) is 2.29. The predicted octanol–water partition coefficient (Wildman–Crippen LogP) is -1.23. The monoisotopic (exact) mass is 297 g/mol. The number of anilines is 1. The highest BCUT2D eigenvalue weighted by Crippen LogP contribution is 2.42. The molecule has 1 aliphatic rings. The Bertz CT molecular complexity index is 529. The lowest BCUT2D eigenvalue weighted by Crippen LogP contribution is -2.54. The Labute approximate surface area is 121 Å². The molecule has 1 heterocycles. The maximum absolute atomic E-state index is 11.8. The minimum absolute atomic E-state index is 0.310. The molecule has 116 valence electrons. The van der Waals surface area contributed by atoms with E-state index in [0.29, 0.717) is 31.9 Å². The zero-order chi connectivity index (χ0) is 15.6. The number of nitrogens with two attached hydrogens (primary N) is 1. The van der Waals surface area contributed by atoms with E-state index in [-0.39, 0.29) is 17.4 Å². The fraction of sp³-hybridized carbons (Fsp3) is 0.462. The van der Waals surface area contributed by atoms with Crippen LogP contribution in [0.1, 0.15) is 0 Å². The van der Waals surface area contributed by atoms with Crippen LogP contribution in [0.25, 0.3) is 0 Å². The summed E-state index contributed by atoms with van der Waals surface area (Å²) in [5.74, 6) is -1.65. The lowest BCUT2D eigenvalue weighted by atomic mass is 10.2. The van der Waals surface area contributed by atoms with Crippen molar-refractivity contribution in [2.45, 2.75) is 6.04 Å². The van der Waals surface area contributed by atoms with E-state index >= 15 is 0 Å². The Kier molecular flexibility index (Phi) is 4.39. The number of benzene rings is 1. The summed E-state index contributed by atoms with van der Waals surface area (Å²) in [6.45, 7) is 1.29. The number of carbonyl (C=O) groups is 1. The number of piperazine rings is 1. The second-order valence-electron chi connectivity index (χ2n) is 4.90. The molecule has 1 fully saturated rings. The molecule has 1 aromatic rings. The van der Waals surface area contributed by atoms with E-state index < -0.39 is 18.4 Å². The van der Waals surface area contributed by atoms with Gasteiger partial charge in [-0.1, -0.05) is 0 Å². The molecule has 1 aliphatic heterocycles. The van der Waals surface area contributed by atoms with Gasteiger partial charge in [0.1, 0.15) is 6.04 Å². The zero-order valence-corrected chi connectivity index (χ0v) is 11.4. The Balaban J connectivity index is 2.05. The van der Waals surface area contributed by atoms with Crippen LogP contribution in [0.15, 0.2) is 12.1 Å². The summed E-state index contributed by atoms with van der Waals surface area (Å²) >= 11 is 0. The van der Waals surface area contributed by atoms with Gasteiger partial charge in [0.2, 0.25) is 11.7 Å². The van der Waals surface area contributed by atoms with Crippen LogP contribution in [0, 0.1) is 0 Å². The van der Waals surface area contributed by atoms with E-state index in [0.717, 1.165) is 0 Å². The van der Waals surface area contributed by atoms with Crippen molar-refractivity contribution in [3.63, 3.8) is 0 Å². The van der Waals surface area contributed by atoms with Gasteiger partial charge in [0.25, 0.3) is 0 Å². The highest BCUT2D eigenvalue weighted by atomic mass is 16.3. The fourth-order valence-electron chi connectivity index (χ4n) is 2.29. The summed E-state index contributed by atoms with van der Waals surface area (Å²) in [5, 5.41) is 37.6. The second kappa shape index (κ2) is 6.06. The van der Waals surface area contributed by atoms with Crippen molar-refractivity contribution in [2.24, 2.45) is 5.73 Å². The maximum atomic E-state index is 11.8. The second-order valence-corrected chi connectivity index (χ2v) is 4.90. The lowest BCUT2D eigenvalue weighted by molar-refractivity contribution is -0.133. The number of nitrogens with zero attached hydrogens (tertiary/aromatic N) is 2. The van der Waals surface area contributed by atoms with Crippen LogP contribution in [0.4, 0.5) is 5.69 Å². The molecule has 0 saturated carbocycles. The summed E-state index contributed by atoms with van der Waals surface area (Å²) in [6.07, 6.45) is 0. The Morgan fingerprint density at radius 3 is 2.33 bits per heavy atom. The van der Waals surface area contributed by atoms with Crippen molar-refractivity contribution in [1.82, 2.24) is 4.90 Å². The molecule has 2 rings (SSSR count). The lowest BCUT2D eigenvalue weighted by Gasteiger charge is -2.37. The van der Waals surface area contributed by atoms with Crippen LogP contribution in [0.2, 0.25) is 0 Å². The highest BCUT2D eigenvalue weighted by Gasteiger charge is 2.26. The van der Waals surface area contributed by atoms with Crippen LogP contribution in [-0.2, 0) is 4.79 Å². The van der Waals surface area contributed by atoms with Gasteiger partial charge >= 0.3 is 0 Å². The molecule has 0 bridgehead atoms. The van der Waals surface area contributed by atoms with Crippen LogP contribution in [0.3, 0.4) is 0 Å². The van der Waals surface area contributed by atoms with Crippen LogP contribution < -0.4 is 10.6 Å². The van der Waals surface area contributed by atoms with Crippen molar-refractivity contribution in [3.8, 4) is 17.2 Å². The van der Waals surface area contributed by atoms with Crippen LogP contribution in [0.5, 0.6) is 17.2 Å². The van der Waals surface area contributed by atoms with Gasteiger partial charge in [-0.25, -0.2) is 0 Å². The minimum Gasteiger partial charge on any atom is -0.504 e. The Morgan fingerprint density at radius 2 is 1.76 bits per heavy atom. The summed E-state index contributed by atoms with van der Waals surface area (Å²) in [5.41, 5.74) is 5.89. The van der Waals surface area contributed by atoms with E-state index in [1.165, 1.54) is 12.1 Å². The van der Waals surface area contributed by atoms with Crippen molar-refractivity contribution in [2.75, 3.05) is 37.7 Å². The predicted molar refractivity (Wildman–Crippen MR) is 75.3 cm³/mol. The van der Waals surface area contributed by atoms with Gasteiger partial charge in [-0.3, -0.25) is 4.79 Å². The van der Waals surface area contributed by atoms with Gasteiger partial charge in [-0.05, 0) is 12.1 Å². The number of phenolic OH excluding ortho intramolecular Hbond substituents is 3. The first-order chi connectivity index (χ1) is 9.95. The van der Waals surface area contributed by atoms with E-state index in [9.17, 15) is 20.1 Å². The number of hydrogen-bond acceptors (Lipinski definition) is 7. The number of rotatable bonds is 3. The van der Waals surface area contributed by atoms with E-state index in [4.69, 9.17) is 10.8 Å². The number of hydrogen-bond donors (Lipinski definition) is 5. The first kappa shape index (κ1) is 15.2. The molecule has 1 atom stereocenters. The molecule has 1 aromatic carbocycles. The number of aliphatic hydroxyl groups is 1. The van der Waals surface area contributed by atoms with Crippen LogP contribution in [-0.4, -0.2) is 70.1 Å². The average molecular weight is 297 g/mol. The molecule has 21 heavy (non-hydrogen) atoms. The van der Waals surface area contributed by atoms with E-state index in [1.807, 2.05) is 0 Å². The highest BCUT2D eigenvalue weighted by molar-refractivity contribution is 5.82. The standard InChI is InChI=1S/C13H19N3O5/c14-8(7-17)13(21)16-5-3-15(4-6-16)9-1-2-10(18)12(20)11(9)19/h1-2,8,17-20H,3-7,14H2. The van der Waals surface area contributed by atoms with Gasteiger partial charge in [-0.15, -0.1) is 0 Å². The SMILES string of the molecule is NC(CO)C(=O)N1CCN(c2ccc(O)c(O)c2O)CC1. The largest absolute Gasteiger partial charge is 0.504 e. The third kappa shape index (κ3) is 2.96. The van der Waals surface area contributed by atoms with Crippen molar-refractivity contribution in [1.29, 1.82) is 0 Å². The average Bonchev–Trinajstić information content (AvgIpc) is 2.51. The molecule has 8 nitrogen and oxygen atoms in total. The summed E-state index contributed by atoms with van der Waals surface area (Å²) < 4.78 is 0. The quantitative estimate of drug-likeness (QED) is 0.442. The molecular formula is C13H19N3O5. The molecule has 6 N–H and O–H groups in total. The summed E-state index contributed by atoms with van der Waals surface area (Å²) in [7, 11) is 0. The Morgan fingerprint density at radius 1 is 1.14 bits per heavy atom. The van der Waals surface area contributed by atoms with Gasteiger partial charge in [0, 0.05) is 26.2 Å². The molecular weight excluding hydrogens is 278 g/mol. The van der Waals surface area contributed by atoms with Gasteiger partial charge in [-0.2, -0.15) is 0 Å². The normalized spacial score (nSPS) is 16.9. The number of amides is 1. The molecule has 0 spiro atoms. The van der Waals surface area contributed by atoms with Crippen molar-refractivity contribution in [3.05, 3.63) is 12.1 Å². The molecule has 1 amide bonds. The maximum Gasteiger partial charge on any atom is 0.241 e. The first-order valence-corrected chi connectivity index (χ1v) is 6.59. The third-order valence-electron chi connectivity index (χ3n) is 3.55. The van der Waals surface area contributed by atoms with Gasteiger partial charge in [0.05, 0.1) is 12.3 Å². The van der Waals surface area contributed by atoms with Crippen molar-refractivity contribution < 1.29 is 25.2 Å². The molecule has 1 unspecified atom stereocenters. The topological polar surface area (TPSA) is 130 Å². The van der Waals surface area contributed by atoms with E-state index in [2.05, 4.69) is 0 Å². The molecule has 0 aliphatic carbocycles. The molecule has 0 radical (unpaired) electrons. The molecule has 0 aromatic heterocycles. The minimum atomic E-state index is -0.914. The first-order valence-electron chi connectivity index (χ1n) is 6.59. The van der Waals surface area contributed by atoms with Gasteiger partial charge in [0.15, 0.2) is 11.5 Å². The number of aliphatic hydroxyl groups excluding tert-OH is 1. The molecule has 1 saturated heterocycles. The van der Waals surface area contributed by atoms with Crippen LogP contribution >= 0.6 is 0 Å². The Hall–Kier alpha value is -2.19. The van der Waals surface area contributed by atoms with Gasteiger partial charge < -0.3 is 36.0 Å². The molecule has 8 heteroatoms. The number of aromatic hydroxyl groups is 3. The smallest absolute Gasteiger partial charge is 0.241 e. The van der Waals surface area contributed by atoms with E-state index in [1.54, 1.807) is 9.80 Å². The third-order valence-corrected chi connectivity index (χ3v) is 3.55.